The Morgan fingerprint density at radius 3 is 2.19 bits per heavy atom. The van der Waals surface area contributed by atoms with Crippen LogP contribution in [-0.2, 0) is 41.7 Å². The lowest BCUT2D eigenvalue weighted by atomic mass is 9.81. The van der Waals surface area contributed by atoms with Gasteiger partial charge in [0.2, 0.25) is 5.69 Å². The molecule has 294 valence electrons. The standard InChI is InChI=1S/C39H50N2O7S2.O3S/c1-6-7-10-24-40-33-17-9-8-16-31(33)38(2,3)35(40)22-18-28-14-13-15-29(37(28)42)19-23-36-39(4,5)32-27-30(50(46,47)48)20-21-34(32)41(36)25-11-12-26-49(43,44)45;1-4(2)3/h8-9,16-23,27H,6-7,10-15,24-26H2,1-5H3,(H2,43,44,45,46,47,48);/p+1/b29-19+,36-23+;. The van der Waals surface area contributed by atoms with Crippen molar-refractivity contribution in [1.29, 1.82) is 0 Å². The van der Waals surface area contributed by atoms with Gasteiger partial charge in [-0.05, 0) is 99.4 Å². The number of nitrogens with zero attached hydrogens (tertiary/aromatic N) is 2. The lowest BCUT2D eigenvalue weighted by Crippen LogP contribution is -2.28. The van der Waals surface area contributed by atoms with Crippen molar-refractivity contribution in [2.45, 2.75) is 102 Å². The van der Waals surface area contributed by atoms with Crippen LogP contribution < -0.4 is 4.90 Å². The van der Waals surface area contributed by atoms with E-state index in [1.807, 2.05) is 30.9 Å². The number of aliphatic hydroxyl groups is 1. The fourth-order valence-corrected chi connectivity index (χ4v) is 8.68. The maximum Gasteiger partial charge on any atom is 0.425 e. The average molecular weight is 804 g/mol. The van der Waals surface area contributed by atoms with Gasteiger partial charge in [-0.3, -0.25) is 9.11 Å². The summed E-state index contributed by atoms with van der Waals surface area (Å²) >= 11 is 0. The zero-order valence-corrected chi connectivity index (χ0v) is 33.9. The number of allylic oxidation sites excluding steroid dienone is 7. The molecule has 3 N–H and O–H groups in total. The molecule has 0 radical (unpaired) electrons. The molecule has 2 aromatic carbocycles. The van der Waals surface area contributed by atoms with Crippen LogP contribution >= 0.6 is 0 Å². The minimum Gasteiger partial charge on any atom is -0.507 e. The van der Waals surface area contributed by atoms with Gasteiger partial charge in [-0.1, -0.05) is 51.5 Å². The van der Waals surface area contributed by atoms with Crippen molar-refractivity contribution >= 4 is 47.9 Å². The summed E-state index contributed by atoms with van der Waals surface area (Å²) in [5.41, 5.74) is 6.90. The van der Waals surface area contributed by atoms with Crippen molar-refractivity contribution in [3.05, 3.63) is 100 Å². The third-order valence-corrected chi connectivity index (χ3v) is 12.0. The van der Waals surface area contributed by atoms with Gasteiger partial charge in [0.05, 0.1) is 16.1 Å². The fraction of sp³-hybridized carbons (Fsp3) is 0.462. The summed E-state index contributed by atoms with van der Waals surface area (Å²) in [5.74, 6) is -0.0899. The number of rotatable bonds is 13. The Labute approximate surface area is 320 Å². The van der Waals surface area contributed by atoms with E-state index >= 15 is 0 Å². The number of hydrogen-bond donors (Lipinski definition) is 3. The van der Waals surface area contributed by atoms with Gasteiger partial charge in [0.25, 0.3) is 20.2 Å². The van der Waals surface area contributed by atoms with E-state index in [0.29, 0.717) is 24.9 Å². The van der Waals surface area contributed by atoms with Gasteiger partial charge in [-0.15, -0.1) is 12.6 Å². The topological polar surface area (TPSA) is 186 Å². The Morgan fingerprint density at radius 2 is 1.54 bits per heavy atom. The van der Waals surface area contributed by atoms with E-state index in [9.17, 15) is 31.0 Å². The summed E-state index contributed by atoms with van der Waals surface area (Å²) in [6.45, 7) is 12.0. The molecule has 12 nitrogen and oxygen atoms in total. The van der Waals surface area contributed by atoms with E-state index in [-0.39, 0.29) is 28.2 Å². The van der Waals surface area contributed by atoms with E-state index in [1.165, 1.54) is 29.1 Å². The molecule has 2 heterocycles. The Balaban J connectivity index is 0.00000155. The first-order chi connectivity index (χ1) is 25.2. The van der Waals surface area contributed by atoms with E-state index < -0.39 is 36.3 Å². The summed E-state index contributed by atoms with van der Waals surface area (Å²) in [7, 11) is -11.6. The number of fused-ring (bicyclic) bond motifs is 2. The molecule has 1 aliphatic carbocycles. The molecule has 0 aromatic heterocycles. The second-order valence-corrected chi connectivity index (χ2v) is 18.2. The molecule has 0 amide bonds. The largest absolute Gasteiger partial charge is 0.507 e. The molecule has 3 aliphatic rings. The van der Waals surface area contributed by atoms with Crippen molar-refractivity contribution in [2.24, 2.45) is 0 Å². The van der Waals surface area contributed by atoms with Crippen LogP contribution in [-0.4, -0.2) is 72.8 Å². The second kappa shape index (κ2) is 17.3. The number of hydrogen-bond acceptors (Lipinski definition) is 9. The Morgan fingerprint density at radius 1 is 0.852 bits per heavy atom. The smallest absolute Gasteiger partial charge is 0.425 e. The zero-order chi connectivity index (χ0) is 40.1. The minimum absolute atomic E-state index is 0.184. The molecule has 5 rings (SSSR count). The van der Waals surface area contributed by atoms with Crippen LogP contribution in [0.5, 0.6) is 0 Å². The van der Waals surface area contributed by atoms with Crippen LogP contribution in [0, 0.1) is 0 Å². The highest BCUT2D eigenvalue weighted by Crippen LogP contribution is 2.49. The maximum absolute atomic E-state index is 12.0. The molecule has 15 heteroatoms. The van der Waals surface area contributed by atoms with Gasteiger partial charge in [-0.25, -0.2) is 0 Å². The van der Waals surface area contributed by atoms with E-state index in [2.05, 4.69) is 61.8 Å². The van der Waals surface area contributed by atoms with Gasteiger partial charge in [0.15, 0.2) is 5.71 Å². The number of unbranched alkanes of at least 4 members (excludes halogenated alkanes) is 3. The summed E-state index contributed by atoms with van der Waals surface area (Å²) in [6.07, 6.45) is 14.6. The Hall–Kier alpha value is -3.89. The van der Waals surface area contributed by atoms with Crippen molar-refractivity contribution in [3.8, 4) is 0 Å². The van der Waals surface area contributed by atoms with Crippen molar-refractivity contribution in [1.82, 2.24) is 0 Å². The number of anilines is 1. The number of benzene rings is 2. The Bertz CT molecular complexity index is 2240. The van der Waals surface area contributed by atoms with Gasteiger partial charge in [0, 0.05) is 47.5 Å². The molecule has 2 aliphatic heterocycles. The lowest BCUT2D eigenvalue weighted by Gasteiger charge is -2.27. The quantitative estimate of drug-likeness (QED) is 0.105. The van der Waals surface area contributed by atoms with Crippen LogP contribution in [0.2, 0.25) is 0 Å². The molecule has 0 spiro atoms. The molecule has 54 heavy (non-hydrogen) atoms. The fourth-order valence-electron chi connectivity index (χ4n) is 7.61. The van der Waals surface area contributed by atoms with Crippen LogP contribution in [0.25, 0.3) is 0 Å². The van der Waals surface area contributed by atoms with Crippen molar-refractivity contribution in [3.63, 3.8) is 0 Å². The van der Waals surface area contributed by atoms with Crippen molar-refractivity contribution < 1.29 is 48.2 Å². The second-order valence-electron chi connectivity index (χ2n) is 14.8. The first-order valence-corrected chi connectivity index (χ1v) is 22.1. The van der Waals surface area contributed by atoms with Gasteiger partial charge >= 0.3 is 10.6 Å². The van der Waals surface area contributed by atoms with Crippen LogP contribution in [0.1, 0.15) is 97.1 Å². The van der Waals surface area contributed by atoms with E-state index in [1.54, 1.807) is 6.07 Å². The zero-order valence-electron chi connectivity index (χ0n) is 31.4. The number of para-hydroxylation sites is 1. The molecule has 0 saturated heterocycles. The maximum atomic E-state index is 12.0. The predicted molar refractivity (Wildman–Crippen MR) is 210 cm³/mol. The first-order valence-electron chi connectivity index (χ1n) is 18.1. The highest BCUT2D eigenvalue weighted by Gasteiger charge is 2.44. The highest BCUT2D eigenvalue weighted by molar-refractivity contribution is 7.86. The highest BCUT2D eigenvalue weighted by atomic mass is 32.2. The van der Waals surface area contributed by atoms with Gasteiger partial charge in [-0.2, -0.15) is 21.4 Å². The summed E-state index contributed by atoms with van der Waals surface area (Å²) in [5, 5.41) is 11.6. The van der Waals surface area contributed by atoms with Gasteiger partial charge in [0.1, 0.15) is 12.3 Å². The van der Waals surface area contributed by atoms with Crippen molar-refractivity contribution in [2.75, 3.05) is 23.7 Å². The monoisotopic (exact) mass is 803 g/mol. The lowest BCUT2D eigenvalue weighted by molar-refractivity contribution is -0.438. The normalized spacial score (nSPS) is 19.4. The molecular formula is C39H51N2O10S3+. The molecule has 0 fully saturated rings. The SMILES string of the molecule is CCCCC[N+]1=C(/C=C/C2=C(O)C(=C/C=C3/N(CCCCS(=O)(=O)O)c4ccc(S(=O)(=O)O)cc4C3(C)C)/CCC2)C(C)(C)c2ccccc21.O=S(=O)=O. The molecule has 0 bridgehead atoms. The van der Waals surface area contributed by atoms with Crippen LogP contribution in [0.4, 0.5) is 11.4 Å². The average Bonchev–Trinajstić information content (AvgIpc) is 3.42. The van der Waals surface area contributed by atoms with Crippen LogP contribution in [0.3, 0.4) is 0 Å². The Kier molecular flexibility index (Phi) is 13.7. The number of aliphatic hydroxyl groups excluding tert-OH is 1. The van der Waals surface area contributed by atoms with E-state index in [0.717, 1.165) is 61.2 Å². The molecule has 0 unspecified atom stereocenters. The summed E-state index contributed by atoms with van der Waals surface area (Å²) in [4.78, 5) is 1.83. The summed E-state index contributed by atoms with van der Waals surface area (Å²) in [6, 6.07) is 13.1. The molecular weight excluding hydrogens is 753 g/mol. The van der Waals surface area contributed by atoms with Crippen LogP contribution in [0.15, 0.2) is 94.3 Å². The molecule has 2 aromatic rings. The predicted octanol–water partition coefficient (Wildman–Crippen LogP) is 7.32. The first kappa shape index (κ1) is 42.8. The third-order valence-electron chi connectivity index (χ3n) is 10.4. The summed E-state index contributed by atoms with van der Waals surface area (Å²) < 4.78 is 93.5. The van der Waals surface area contributed by atoms with E-state index in [4.69, 9.17) is 12.6 Å². The minimum atomic E-state index is -4.43. The molecule has 0 atom stereocenters. The molecule has 0 saturated carbocycles. The third kappa shape index (κ3) is 10.0. The van der Waals surface area contributed by atoms with Gasteiger partial charge < -0.3 is 10.0 Å².